The van der Waals surface area contributed by atoms with E-state index in [0.29, 0.717) is 11.3 Å². The molecule has 5 heteroatoms. The van der Waals surface area contributed by atoms with Gasteiger partial charge in [-0.25, -0.2) is 0 Å². The third-order valence-electron chi connectivity index (χ3n) is 3.03. The van der Waals surface area contributed by atoms with Gasteiger partial charge in [-0.1, -0.05) is 47.6 Å². The fourth-order valence-corrected chi connectivity index (χ4v) is 1.88. The molecular formula is C16H15F2NO2. The van der Waals surface area contributed by atoms with Crippen molar-refractivity contribution in [2.24, 2.45) is 5.16 Å². The van der Waals surface area contributed by atoms with E-state index in [9.17, 15) is 8.78 Å². The van der Waals surface area contributed by atoms with Gasteiger partial charge >= 0.3 is 5.92 Å². The Labute approximate surface area is 121 Å². The van der Waals surface area contributed by atoms with Gasteiger partial charge in [0.25, 0.3) is 0 Å². The SMILES string of the molecule is C/C(=N/O)c1ccccc1OCC(F)(F)c1ccccc1. The standard InChI is InChI=1S/C16H15F2NO2/c1-12(19-20)14-9-5-6-10-15(14)21-11-16(17,18)13-7-3-2-4-8-13/h2-10,20H,11H2,1H3/b19-12-. The largest absolute Gasteiger partial charge is 0.486 e. The number of halogens is 2. The summed E-state index contributed by atoms with van der Waals surface area (Å²) in [6.45, 7) is 0.782. The smallest absolute Gasteiger partial charge is 0.306 e. The summed E-state index contributed by atoms with van der Waals surface area (Å²) >= 11 is 0. The predicted octanol–water partition coefficient (Wildman–Crippen LogP) is 4.06. The lowest BCUT2D eigenvalue weighted by molar-refractivity contribution is -0.0467. The molecule has 0 bridgehead atoms. The van der Waals surface area contributed by atoms with E-state index in [1.54, 1.807) is 49.4 Å². The summed E-state index contributed by atoms with van der Waals surface area (Å²) < 4.78 is 33.3. The predicted molar refractivity (Wildman–Crippen MR) is 76.3 cm³/mol. The Morgan fingerprint density at radius 1 is 1.10 bits per heavy atom. The van der Waals surface area contributed by atoms with Crippen molar-refractivity contribution in [3.8, 4) is 5.75 Å². The second-order valence-electron chi connectivity index (χ2n) is 4.54. The van der Waals surface area contributed by atoms with E-state index in [0.717, 1.165) is 0 Å². The van der Waals surface area contributed by atoms with E-state index in [1.807, 2.05) is 0 Å². The first-order valence-corrected chi connectivity index (χ1v) is 6.39. The van der Waals surface area contributed by atoms with Crippen LogP contribution in [-0.4, -0.2) is 17.5 Å². The van der Waals surface area contributed by atoms with Crippen LogP contribution < -0.4 is 4.74 Å². The second kappa shape index (κ2) is 6.35. The normalized spacial score (nSPS) is 12.2. The van der Waals surface area contributed by atoms with Crippen LogP contribution in [0.4, 0.5) is 8.78 Å². The fraction of sp³-hybridized carbons (Fsp3) is 0.188. The van der Waals surface area contributed by atoms with Crippen LogP contribution in [0.5, 0.6) is 5.75 Å². The minimum absolute atomic E-state index is 0.102. The number of rotatable bonds is 5. The van der Waals surface area contributed by atoms with E-state index < -0.39 is 12.5 Å². The minimum atomic E-state index is -3.10. The van der Waals surface area contributed by atoms with Crippen molar-refractivity contribution in [1.29, 1.82) is 0 Å². The molecule has 0 aliphatic heterocycles. The molecule has 110 valence electrons. The number of oxime groups is 1. The molecule has 1 N–H and O–H groups in total. The number of hydrogen-bond donors (Lipinski definition) is 1. The topological polar surface area (TPSA) is 41.8 Å². The average molecular weight is 291 g/mol. The summed E-state index contributed by atoms with van der Waals surface area (Å²) in [5.74, 6) is -2.85. The van der Waals surface area contributed by atoms with Crippen molar-refractivity contribution >= 4 is 5.71 Å². The van der Waals surface area contributed by atoms with Crippen LogP contribution in [0, 0.1) is 0 Å². The average Bonchev–Trinajstić information content (AvgIpc) is 2.53. The van der Waals surface area contributed by atoms with Gasteiger partial charge in [0.05, 0.1) is 5.71 Å². The van der Waals surface area contributed by atoms with Crippen molar-refractivity contribution in [1.82, 2.24) is 0 Å². The second-order valence-corrected chi connectivity index (χ2v) is 4.54. The molecule has 0 atom stereocenters. The summed E-state index contributed by atoms with van der Waals surface area (Å²) in [5.41, 5.74) is 0.674. The highest BCUT2D eigenvalue weighted by molar-refractivity contribution is 6.00. The highest BCUT2D eigenvalue weighted by Crippen LogP contribution is 2.29. The van der Waals surface area contributed by atoms with E-state index >= 15 is 0 Å². The monoisotopic (exact) mass is 291 g/mol. The van der Waals surface area contributed by atoms with Gasteiger partial charge in [0, 0.05) is 11.1 Å². The number of nitrogens with zero attached hydrogens (tertiary/aromatic N) is 1. The maximum Gasteiger partial charge on any atom is 0.306 e. The Morgan fingerprint density at radius 3 is 2.38 bits per heavy atom. The maximum absolute atomic E-state index is 14.1. The summed E-state index contributed by atoms with van der Waals surface area (Å²) in [6, 6.07) is 14.1. The van der Waals surface area contributed by atoms with Gasteiger partial charge < -0.3 is 9.94 Å². The number of hydrogen-bond acceptors (Lipinski definition) is 3. The zero-order valence-electron chi connectivity index (χ0n) is 11.5. The molecular weight excluding hydrogens is 276 g/mol. The quantitative estimate of drug-likeness (QED) is 0.513. The third kappa shape index (κ3) is 3.56. The molecule has 2 rings (SSSR count). The molecule has 0 saturated heterocycles. The molecule has 0 spiro atoms. The third-order valence-corrected chi connectivity index (χ3v) is 3.03. The summed E-state index contributed by atoms with van der Waals surface area (Å²) in [7, 11) is 0. The Hall–Kier alpha value is -2.43. The molecule has 0 amide bonds. The molecule has 0 radical (unpaired) electrons. The summed E-state index contributed by atoms with van der Waals surface area (Å²) in [4.78, 5) is 0. The molecule has 0 aliphatic rings. The molecule has 3 nitrogen and oxygen atoms in total. The lowest BCUT2D eigenvalue weighted by atomic mass is 10.1. The molecule has 0 saturated carbocycles. The molecule has 0 unspecified atom stereocenters. The Balaban J connectivity index is 2.17. The highest BCUT2D eigenvalue weighted by atomic mass is 19.3. The van der Waals surface area contributed by atoms with E-state index in [2.05, 4.69) is 5.16 Å². The zero-order chi connectivity index (χ0) is 15.3. The van der Waals surface area contributed by atoms with Crippen LogP contribution in [0.1, 0.15) is 18.1 Å². The van der Waals surface area contributed by atoms with Crippen molar-refractivity contribution < 1.29 is 18.7 Å². The van der Waals surface area contributed by atoms with E-state index in [-0.39, 0.29) is 11.3 Å². The number of benzene rings is 2. The van der Waals surface area contributed by atoms with Crippen molar-refractivity contribution in [3.63, 3.8) is 0 Å². The molecule has 0 fully saturated rings. The van der Waals surface area contributed by atoms with E-state index in [4.69, 9.17) is 9.94 Å². The number of ether oxygens (including phenoxy) is 1. The van der Waals surface area contributed by atoms with Crippen LogP contribution in [-0.2, 0) is 5.92 Å². The van der Waals surface area contributed by atoms with Gasteiger partial charge in [0.15, 0.2) is 6.61 Å². The lowest BCUT2D eigenvalue weighted by Crippen LogP contribution is -2.23. The van der Waals surface area contributed by atoms with E-state index in [1.165, 1.54) is 12.1 Å². The highest BCUT2D eigenvalue weighted by Gasteiger charge is 2.32. The molecule has 0 aromatic heterocycles. The Bertz CT molecular complexity index is 627. The van der Waals surface area contributed by atoms with Gasteiger partial charge in [-0.3, -0.25) is 0 Å². The van der Waals surface area contributed by atoms with Crippen molar-refractivity contribution in [2.45, 2.75) is 12.8 Å². The summed E-state index contributed by atoms with van der Waals surface area (Å²) in [6.07, 6.45) is 0. The van der Waals surface area contributed by atoms with Crippen LogP contribution in [0.2, 0.25) is 0 Å². The van der Waals surface area contributed by atoms with Gasteiger partial charge in [-0.05, 0) is 19.1 Å². The van der Waals surface area contributed by atoms with Crippen molar-refractivity contribution in [3.05, 3.63) is 65.7 Å². The molecule has 0 aliphatic carbocycles. The van der Waals surface area contributed by atoms with Crippen LogP contribution in [0.15, 0.2) is 59.8 Å². The minimum Gasteiger partial charge on any atom is -0.486 e. The van der Waals surface area contributed by atoms with Crippen LogP contribution in [0.25, 0.3) is 0 Å². The van der Waals surface area contributed by atoms with Gasteiger partial charge in [0.1, 0.15) is 5.75 Å². The maximum atomic E-state index is 14.1. The Morgan fingerprint density at radius 2 is 1.71 bits per heavy atom. The van der Waals surface area contributed by atoms with Gasteiger partial charge in [0.2, 0.25) is 0 Å². The molecule has 2 aromatic carbocycles. The van der Waals surface area contributed by atoms with Crippen molar-refractivity contribution in [2.75, 3.05) is 6.61 Å². The molecule has 2 aromatic rings. The lowest BCUT2D eigenvalue weighted by Gasteiger charge is -2.18. The number of para-hydroxylation sites is 1. The Kier molecular flexibility index (Phi) is 4.52. The zero-order valence-corrected chi connectivity index (χ0v) is 11.5. The molecule has 21 heavy (non-hydrogen) atoms. The van der Waals surface area contributed by atoms with Crippen LogP contribution in [0.3, 0.4) is 0 Å². The first-order chi connectivity index (χ1) is 10.0. The van der Waals surface area contributed by atoms with Crippen LogP contribution >= 0.6 is 0 Å². The first kappa shape index (κ1) is 15.0. The molecule has 0 heterocycles. The van der Waals surface area contributed by atoms with Gasteiger partial charge in [-0.2, -0.15) is 8.78 Å². The fourth-order valence-electron chi connectivity index (χ4n) is 1.88. The first-order valence-electron chi connectivity index (χ1n) is 6.39. The number of alkyl halides is 2. The summed E-state index contributed by atoms with van der Waals surface area (Å²) in [5, 5.41) is 11.9. The van der Waals surface area contributed by atoms with Gasteiger partial charge in [-0.15, -0.1) is 0 Å².